The molecule has 106 valence electrons. The van der Waals surface area contributed by atoms with E-state index in [4.69, 9.17) is 0 Å². The van der Waals surface area contributed by atoms with E-state index >= 15 is 0 Å². The molecule has 1 N–H and O–H groups in total. The molecule has 2 aliphatic rings. The normalized spacial score (nSPS) is 32.7. The maximum atomic E-state index is 3.50. The van der Waals surface area contributed by atoms with E-state index in [1.54, 1.807) is 0 Å². The zero-order valence-corrected chi connectivity index (χ0v) is 12.5. The van der Waals surface area contributed by atoms with E-state index < -0.39 is 0 Å². The second-order valence-corrected chi connectivity index (χ2v) is 6.75. The summed E-state index contributed by atoms with van der Waals surface area (Å²) in [7, 11) is 2.31. The highest BCUT2D eigenvalue weighted by Gasteiger charge is 2.39. The van der Waals surface area contributed by atoms with Gasteiger partial charge in [0, 0.05) is 38.3 Å². The molecule has 2 fully saturated rings. The molecule has 3 heteroatoms. The summed E-state index contributed by atoms with van der Waals surface area (Å²) in [6.45, 7) is 12.1. The number of piperazine rings is 1. The van der Waals surface area contributed by atoms with Gasteiger partial charge in [0.1, 0.15) is 0 Å². The average Bonchev–Trinajstić information content (AvgIpc) is 2.52. The van der Waals surface area contributed by atoms with Gasteiger partial charge >= 0.3 is 0 Å². The Kier molecular flexibility index (Phi) is 5.05. The topological polar surface area (TPSA) is 18.5 Å². The first-order chi connectivity index (χ1) is 8.62. The molecule has 0 aromatic heterocycles. The van der Waals surface area contributed by atoms with Crippen molar-refractivity contribution in [1.82, 2.24) is 15.1 Å². The molecule has 1 unspecified atom stereocenters. The predicted octanol–water partition coefficient (Wildman–Crippen LogP) is 1.79. The van der Waals surface area contributed by atoms with E-state index in [0.29, 0.717) is 5.54 Å². The first-order valence-corrected chi connectivity index (χ1v) is 7.77. The molecule has 0 bridgehead atoms. The van der Waals surface area contributed by atoms with Gasteiger partial charge in [-0.3, -0.25) is 4.90 Å². The molecule has 0 aliphatic carbocycles. The summed E-state index contributed by atoms with van der Waals surface area (Å²) < 4.78 is 0. The molecule has 0 amide bonds. The lowest BCUT2D eigenvalue weighted by Gasteiger charge is -2.48. The van der Waals surface area contributed by atoms with E-state index in [-0.39, 0.29) is 0 Å². The molecule has 2 rings (SSSR count). The highest BCUT2D eigenvalue weighted by molar-refractivity contribution is 4.96. The molecule has 18 heavy (non-hydrogen) atoms. The number of likely N-dealkylation sites (N-methyl/N-ethyl adjacent to an activating group) is 1. The van der Waals surface area contributed by atoms with Crippen LogP contribution in [0, 0.1) is 5.92 Å². The predicted molar refractivity (Wildman–Crippen MR) is 78.0 cm³/mol. The van der Waals surface area contributed by atoms with Crippen LogP contribution in [0.15, 0.2) is 0 Å². The van der Waals surface area contributed by atoms with Crippen molar-refractivity contribution in [3.8, 4) is 0 Å². The lowest BCUT2D eigenvalue weighted by molar-refractivity contribution is 0.0287. The molecule has 2 heterocycles. The Balaban J connectivity index is 2.14. The lowest BCUT2D eigenvalue weighted by Crippen LogP contribution is -2.60. The Hall–Kier alpha value is -0.120. The van der Waals surface area contributed by atoms with Crippen LogP contribution in [-0.4, -0.2) is 61.7 Å². The van der Waals surface area contributed by atoms with E-state index in [2.05, 4.69) is 36.0 Å². The smallest absolute Gasteiger partial charge is 0.0339 e. The van der Waals surface area contributed by atoms with Crippen LogP contribution in [0.3, 0.4) is 0 Å². The molecule has 2 saturated heterocycles. The van der Waals surface area contributed by atoms with Crippen LogP contribution in [0.25, 0.3) is 0 Å². The molecule has 0 aromatic rings. The fourth-order valence-corrected chi connectivity index (χ4v) is 3.95. The van der Waals surface area contributed by atoms with Gasteiger partial charge in [-0.05, 0) is 38.8 Å². The number of nitrogens with zero attached hydrogens (tertiary/aromatic N) is 2. The van der Waals surface area contributed by atoms with Crippen molar-refractivity contribution in [1.29, 1.82) is 0 Å². The van der Waals surface area contributed by atoms with Gasteiger partial charge in [0.25, 0.3) is 0 Å². The third kappa shape index (κ3) is 3.46. The fraction of sp³-hybridized carbons (Fsp3) is 1.00. The molecule has 0 aromatic carbocycles. The quantitative estimate of drug-likeness (QED) is 0.827. The number of nitrogens with one attached hydrogen (secondary N) is 1. The second-order valence-electron chi connectivity index (χ2n) is 6.75. The van der Waals surface area contributed by atoms with Crippen molar-refractivity contribution in [2.45, 2.75) is 45.1 Å². The van der Waals surface area contributed by atoms with E-state index in [1.807, 2.05) is 0 Å². The van der Waals surface area contributed by atoms with Gasteiger partial charge in [-0.1, -0.05) is 20.3 Å². The zero-order valence-electron chi connectivity index (χ0n) is 12.5. The Labute approximate surface area is 113 Å². The average molecular weight is 253 g/mol. The Morgan fingerprint density at radius 1 is 1.11 bits per heavy atom. The van der Waals surface area contributed by atoms with Crippen molar-refractivity contribution in [2.75, 3.05) is 46.3 Å². The fourth-order valence-electron chi connectivity index (χ4n) is 3.95. The minimum atomic E-state index is 0.446. The van der Waals surface area contributed by atoms with Crippen LogP contribution in [0.2, 0.25) is 0 Å². The Morgan fingerprint density at radius 2 is 1.83 bits per heavy atom. The van der Waals surface area contributed by atoms with E-state index in [0.717, 1.165) is 5.92 Å². The summed E-state index contributed by atoms with van der Waals surface area (Å²) in [6, 6.07) is 0. The summed E-state index contributed by atoms with van der Waals surface area (Å²) in [6.07, 6.45) is 5.54. The number of likely N-dealkylation sites (tertiary alicyclic amines) is 1. The highest BCUT2D eigenvalue weighted by Crippen LogP contribution is 2.33. The molecule has 3 nitrogen and oxygen atoms in total. The first-order valence-electron chi connectivity index (χ1n) is 7.77. The van der Waals surface area contributed by atoms with Gasteiger partial charge in [-0.2, -0.15) is 0 Å². The second kappa shape index (κ2) is 6.36. The minimum absolute atomic E-state index is 0.446. The van der Waals surface area contributed by atoms with Gasteiger partial charge in [-0.25, -0.2) is 0 Å². The van der Waals surface area contributed by atoms with Crippen molar-refractivity contribution in [3.05, 3.63) is 0 Å². The van der Waals surface area contributed by atoms with Gasteiger partial charge in [-0.15, -0.1) is 0 Å². The van der Waals surface area contributed by atoms with Crippen molar-refractivity contribution in [2.24, 2.45) is 5.92 Å². The number of hydrogen-bond acceptors (Lipinski definition) is 3. The van der Waals surface area contributed by atoms with Crippen LogP contribution in [0.5, 0.6) is 0 Å². The number of rotatable bonds is 3. The molecule has 0 spiro atoms. The summed E-state index contributed by atoms with van der Waals surface area (Å²) in [5, 5.41) is 3.50. The summed E-state index contributed by atoms with van der Waals surface area (Å²) in [5.41, 5.74) is 0.446. The maximum Gasteiger partial charge on any atom is 0.0339 e. The molecule has 0 saturated carbocycles. The molecule has 1 atom stereocenters. The van der Waals surface area contributed by atoms with E-state index in [1.165, 1.54) is 65.0 Å². The van der Waals surface area contributed by atoms with Gasteiger partial charge in [0.15, 0.2) is 0 Å². The standard InChI is InChI=1S/C15H31N3/c1-14(2)12-15(18-10-7-16-8-11-18)6-4-5-9-17(3)13-15/h14,16H,4-13H2,1-3H3. The van der Waals surface area contributed by atoms with Gasteiger partial charge in [0.2, 0.25) is 0 Å². The van der Waals surface area contributed by atoms with Crippen LogP contribution in [0.1, 0.15) is 39.5 Å². The van der Waals surface area contributed by atoms with Crippen molar-refractivity contribution < 1.29 is 0 Å². The third-order valence-electron chi connectivity index (χ3n) is 4.57. The number of hydrogen-bond donors (Lipinski definition) is 1. The van der Waals surface area contributed by atoms with Crippen LogP contribution in [-0.2, 0) is 0 Å². The SMILES string of the molecule is CC(C)CC1(N2CCNCC2)CCCCN(C)C1. The Bertz CT molecular complexity index is 248. The maximum absolute atomic E-state index is 3.50. The van der Waals surface area contributed by atoms with Crippen LogP contribution < -0.4 is 5.32 Å². The molecular formula is C15H31N3. The summed E-state index contributed by atoms with van der Waals surface area (Å²) in [4.78, 5) is 5.36. The van der Waals surface area contributed by atoms with Gasteiger partial charge in [0.05, 0.1) is 0 Å². The monoisotopic (exact) mass is 253 g/mol. The Morgan fingerprint density at radius 3 is 2.50 bits per heavy atom. The highest BCUT2D eigenvalue weighted by atomic mass is 15.3. The molecular weight excluding hydrogens is 222 g/mol. The summed E-state index contributed by atoms with van der Waals surface area (Å²) in [5.74, 6) is 0.798. The van der Waals surface area contributed by atoms with Crippen LogP contribution >= 0.6 is 0 Å². The van der Waals surface area contributed by atoms with Crippen LogP contribution in [0.4, 0.5) is 0 Å². The minimum Gasteiger partial charge on any atom is -0.314 e. The largest absolute Gasteiger partial charge is 0.314 e. The third-order valence-corrected chi connectivity index (χ3v) is 4.57. The first kappa shape index (κ1) is 14.3. The molecule has 2 aliphatic heterocycles. The van der Waals surface area contributed by atoms with Crippen molar-refractivity contribution >= 4 is 0 Å². The zero-order chi connectivity index (χ0) is 13.0. The van der Waals surface area contributed by atoms with Gasteiger partial charge < -0.3 is 10.2 Å². The van der Waals surface area contributed by atoms with E-state index in [9.17, 15) is 0 Å². The lowest BCUT2D eigenvalue weighted by atomic mass is 9.82. The van der Waals surface area contributed by atoms with Crippen molar-refractivity contribution in [3.63, 3.8) is 0 Å². The molecule has 0 radical (unpaired) electrons. The summed E-state index contributed by atoms with van der Waals surface area (Å²) >= 11 is 0.